The van der Waals surface area contributed by atoms with E-state index in [2.05, 4.69) is 13.8 Å². The lowest BCUT2D eigenvalue weighted by molar-refractivity contribution is -0.146. The Hall–Kier alpha value is -3.42. The topological polar surface area (TPSA) is 112 Å². The fraction of sp³-hybridized carbons (Fsp3) is 0.696. The first-order valence-electron chi connectivity index (χ1n) is 21.0. The molecule has 4 rings (SSSR count). The van der Waals surface area contributed by atoms with Crippen LogP contribution in [0, 0.1) is 41.5 Å². The molecule has 2 atom stereocenters. The summed E-state index contributed by atoms with van der Waals surface area (Å²) in [5.41, 5.74) is 6.96. The van der Waals surface area contributed by atoms with Gasteiger partial charge in [-0.05, 0) is 127 Å². The van der Waals surface area contributed by atoms with E-state index >= 15 is 0 Å². The minimum atomic E-state index is -0.379. The van der Waals surface area contributed by atoms with Crippen LogP contribution < -0.4 is 9.47 Å². The molecule has 2 aliphatic heterocycles. The lowest BCUT2D eigenvalue weighted by Crippen LogP contribution is -2.38. The molecule has 2 N–H and O–H groups in total. The maximum Gasteiger partial charge on any atom is 0.305 e. The molecule has 8 nitrogen and oxygen atoms in total. The highest BCUT2D eigenvalue weighted by molar-refractivity contribution is 5.69. The molecule has 0 fully saturated rings. The van der Waals surface area contributed by atoms with Crippen molar-refractivity contribution in [1.82, 2.24) is 0 Å². The van der Waals surface area contributed by atoms with Crippen LogP contribution in [0.25, 0.3) is 0 Å². The minimum absolute atomic E-state index is 0.116. The summed E-state index contributed by atoms with van der Waals surface area (Å²) in [7, 11) is 0. The number of fused-ring (bicyclic) bond motifs is 2. The van der Waals surface area contributed by atoms with Crippen LogP contribution in [0.4, 0.5) is 0 Å². The van der Waals surface area contributed by atoms with Crippen molar-refractivity contribution in [3.63, 3.8) is 0 Å². The zero-order chi connectivity index (χ0) is 39.5. The fourth-order valence-corrected chi connectivity index (χ4v) is 8.15. The second-order valence-electron chi connectivity index (χ2n) is 16.9. The first-order chi connectivity index (χ1) is 25.7. The molecule has 0 amide bonds. The summed E-state index contributed by atoms with van der Waals surface area (Å²) in [6.07, 6.45) is 19.3. The Balaban J connectivity index is 0.931. The molecule has 0 radical (unpaired) electrons. The number of carbonyl (C=O) groups is 2. The summed E-state index contributed by atoms with van der Waals surface area (Å²) in [6, 6.07) is 0. The van der Waals surface area contributed by atoms with Crippen molar-refractivity contribution in [3.05, 3.63) is 44.5 Å². The van der Waals surface area contributed by atoms with Gasteiger partial charge in [-0.2, -0.15) is 0 Å². The first kappa shape index (κ1) is 43.3. The maximum absolute atomic E-state index is 12.3. The van der Waals surface area contributed by atoms with Gasteiger partial charge in [0.1, 0.15) is 34.2 Å². The number of hydrogen-bond acceptors (Lipinski definition) is 8. The van der Waals surface area contributed by atoms with Crippen molar-refractivity contribution in [3.8, 4) is 23.0 Å². The quantitative estimate of drug-likeness (QED) is 0.0958. The van der Waals surface area contributed by atoms with Crippen LogP contribution >= 0.6 is 0 Å². The SMILES string of the molecule is Cc1c(C)c2c(c(C)c1O)CCC(C)(CCOC(=O)CCCCCCCCCCCCCCC(=O)OCCC1(C)CCc3c(C)c(O)c(C)c(C)c3O1)O2. The van der Waals surface area contributed by atoms with Crippen molar-refractivity contribution in [2.75, 3.05) is 13.2 Å². The number of carbonyl (C=O) groups excluding carboxylic acids is 2. The van der Waals surface area contributed by atoms with Gasteiger partial charge in [0.15, 0.2) is 0 Å². The molecule has 0 aliphatic carbocycles. The molecule has 0 saturated carbocycles. The van der Waals surface area contributed by atoms with Gasteiger partial charge >= 0.3 is 11.9 Å². The number of hydrogen-bond donors (Lipinski definition) is 2. The normalized spacial score (nSPS) is 19.0. The highest BCUT2D eigenvalue weighted by Gasteiger charge is 2.36. The highest BCUT2D eigenvalue weighted by Crippen LogP contribution is 2.45. The maximum atomic E-state index is 12.3. The van der Waals surface area contributed by atoms with Gasteiger partial charge in [0.25, 0.3) is 0 Å². The number of aromatic hydroxyl groups is 2. The van der Waals surface area contributed by atoms with Crippen molar-refractivity contribution >= 4 is 11.9 Å². The summed E-state index contributed by atoms with van der Waals surface area (Å²) in [4.78, 5) is 24.7. The van der Waals surface area contributed by atoms with E-state index in [9.17, 15) is 19.8 Å². The summed E-state index contributed by atoms with van der Waals surface area (Å²) >= 11 is 0. The van der Waals surface area contributed by atoms with Crippen LogP contribution in [0.1, 0.15) is 174 Å². The zero-order valence-corrected chi connectivity index (χ0v) is 34.9. The Morgan fingerprint density at radius 2 is 0.833 bits per heavy atom. The Labute approximate surface area is 325 Å². The van der Waals surface area contributed by atoms with E-state index in [0.717, 1.165) is 120 Å². The smallest absolute Gasteiger partial charge is 0.305 e. The number of phenols is 2. The summed E-state index contributed by atoms with van der Waals surface area (Å²) in [6.45, 7) is 16.7. The predicted molar refractivity (Wildman–Crippen MR) is 215 cm³/mol. The lowest BCUT2D eigenvalue weighted by atomic mass is 9.86. The minimum Gasteiger partial charge on any atom is -0.507 e. The van der Waals surface area contributed by atoms with Crippen LogP contribution in [0.5, 0.6) is 23.0 Å². The van der Waals surface area contributed by atoms with Crippen molar-refractivity contribution in [1.29, 1.82) is 0 Å². The van der Waals surface area contributed by atoms with Crippen LogP contribution in [0.2, 0.25) is 0 Å². The molecule has 2 aliphatic rings. The molecule has 2 unspecified atom stereocenters. The molecule has 0 saturated heterocycles. The molecule has 0 bridgehead atoms. The van der Waals surface area contributed by atoms with E-state index in [1.165, 1.54) is 38.5 Å². The monoisotopic (exact) mass is 751 g/mol. The van der Waals surface area contributed by atoms with Crippen LogP contribution in [-0.2, 0) is 31.9 Å². The second kappa shape index (κ2) is 20.0. The summed E-state index contributed by atoms with van der Waals surface area (Å²) in [5, 5.41) is 20.8. The molecular formula is C46H70O8. The number of phenolic OH excluding ortho intramolecular Hbond substituents is 2. The Morgan fingerprint density at radius 1 is 0.519 bits per heavy atom. The number of benzene rings is 2. The van der Waals surface area contributed by atoms with Gasteiger partial charge in [0.05, 0.1) is 13.2 Å². The molecular weight excluding hydrogens is 680 g/mol. The van der Waals surface area contributed by atoms with Crippen LogP contribution in [0.3, 0.4) is 0 Å². The zero-order valence-electron chi connectivity index (χ0n) is 34.9. The van der Waals surface area contributed by atoms with Gasteiger partial charge in [0, 0.05) is 36.8 Å². The van der Waals surface area contributed by atoms with Gasteiger partial charge < -0.3 is 29.2 Å². The van der Waals surface area contributed by atoms with Crippen molar-refractivity contribution in [2.24, 2.45) is 0 Å². The second-order valence-corrected chi connectivity index (χ2v) is 16.9. The van der Waals surface area contributed by atoms with Crippen molar-refractivity contribution in [2.45, 2.75) is 195 Å². The Morgan fingerprint density at radius 3 is 1.17 bits per heavy atom. The summed E-state index contributed by atoms with van der Waals surface area (Å²) < 4.78 is 24.1. The Bertz CT molecular complexity index is 1480. The lowest BCUT2D eigenvalue weighted by Gasteiger charge is -2.38. The predicted octanol–water partition coefficient (Wildman–Crippen LogP) is 11.1. The molecule has 0 aromatic heterocycles. The van der Waals surface area contributed by atoms with Crippen LogP contribution in [0.15, 0.2) is 0 Å². The average molecular weight is 751 g/mol. The first-order valence-corrected chi connectivity index (χ1v) is 21.0. The van der Waals surface area contributed by atoms with Gasteiger partial charge in [-0.1, -0.05) is 64.2 Å². The third-order valence-corrected chi connectivity index (χ3v) is 12.5. The molecule has 2 aromatic rings. The molecule has 302 valence electrons. The third kappa shape index (κ3) is 11.6. The van der Waals surface area contributed by atoms with Gasteiger partial charge in [-0.3, -0.25) is 9.59 Å². The van der Waals surface area contributed by atoms with E-state index in [1.54, 1.807) is 0 Å². The number of unbranched alkanes of at least 4 members (excludes halogenated alkanes) is 11. The van der Waals surface area contributed by atoms with Crippen molar-refractivity contribution < 1.29 is 38.7 Å². The molecule has 0 spiro atoms. The molecule has 2 heterocycles. The molecule has 54 heavy (non-hydrogen) atoms. The fourth-order valence-electron chi connectivity index (χ4n) is 8.15. The Kier molecular flexibility index (Phi) is 16.0. The van der Waals surface area contributed by atoms with E-state index < -0.39 is 0 Å². The standard InChI is InChI=1S/C46H70O8/c1-31-33(3)43-37(35(5)41(31)49)23-25-45(7,53-43)27-29-51-39(47)21-19-17-15-13-11-9-10-12-14-16-18-20-22-40(48)52-30-28-46(8)26-24-38-36(6)42(50)32(2)34(4)44(38)54-46/h49-50H,9-30H2,1-8H3. The number of rotatable bonds is 21. The van der Waals surface area contributed by atoms with Crippen LogP contribution in [-0.4, -0.2) is 46.6 Å². The van der Waals surface area contributed by atoms with E-state index in [4.69, 9.17) is 18.9 Å². The van der Waals surface area contributed by atoms with E-state index in [1.807, 2.05) is 41.5 Å². The van der Waals surface area contributed by atoms with Gasteiger partial charge in [0.2, 0.25) is 0 Å². The number of esters is 2. The largest absolute Gasteiger partial charge is 0.507 e. The average Bonchev–Trinajstić information content (AvgIpc) is 3.14. The highest BCUT2D eigenvalue weighted by atomic mass is 16.5. The molecule has 2 aromatic carbocycles. The number of ether oxygens (including phenoxy) is 4. The third-order valence-electron chi connectivity index (χ3n) is 12.5. The van der Waals surface area contributed by atoms with E-state index in [0.29, 0.717) is 50.4 Å². The molecule has 8 heteroatoms. The summed E-state index contributed by atoms with van der Waals surface area (Å²) in [5.74, 6) is 2.28. The van der Waals surface area contributed by atoms with E-state index in [-0.39, 0.29) is 23.1 Å². The van der Waals surface area contributed by atoms with Gasteiger partial charge in [-0.15, -0.1) is 0 Å². The van der Waals surface area contributed by atoms with Gasteiger partial charge in [-0.25, -0.2) is 0 Å².